The SMILES string of the molecule is COCC1(C(=O)Nc2ncc(C(C)=O)s2)CCNCC1. The number of methoxy groups -OCH3 is 1. The van der Waals surface area contributed by atoms with Crippen LogP contribution in [-0.4, -0.2) is 43.5 Å². The Bertz CT molecular complexity index is 489. The molecule has 7 heteroatoms. The number of piperidine rings is 1. The van der Waals surface area contributed by atoms with E-state index in [2.05, 4.69) is 15.6 Å². The van der Waals surface area contributed by atoms with E-state index in [0.29, 0.717) is 16.6 Å². The van der Waals surface area contributed by atoms with Gasteiger partial charge in [-0.25, -0.2) is 4.98 Å². The minimum Gasteiger partial charge on any atom is -0.384 e. The molecular formula is C13H19N3O3S. The number of carbonyl (C=O) groups is 2. The first-order chi connectivity index (χ1) is 9.57. The van der Waals surface area contributed by atoms with E-state index >= 15 is 0 Å². The second-order valence-electron chi connectivity index (χ2n) is 5.00. The summed E-state index contributed by atoms with van der Waals surface area (Å²) in [7, 11) is 1.61. The zero-order chi connectivity index (χ0) is 14.6. The number of Topliss-reactive ketones (excluding diaryl/α,β-unsaturated/α-hetero) is 1. The number of rotatable bonds is 5. The van der Waals surface area contributed by atoms with Crippen LogP contribution >= 0.6 is 11.3 Å². The molecule has 1 aromatic heterocycles. The fourth-order valence-corrected chi connectivity index (χ4v) is 3.05. The van der Waals surface area contributed by atoms with Gasteiger partial charge in [-0.2, -0.15) is 0 Å². The lowest BCUT2D eigenvalue weighted by Crippen LogP contribution is -2.47. The molecule has 110 valence electrons. The van der Waals surface area contributed by atoms with Gasteiger partial charge in [0.05, 0.1) is 23.1 Å². The molecular weight excluding hydrogens is 278 g/mol. The smallest absolute Gasteiger partial charge is 0.234 e. The van der Waals surface area contributed by atoms with E-state index in [1.807, 2.05) is 0 Å². The Morgan fingerprint density at radius 1 is 1.50 bits per heavy atom. The fraction of sp³-hybridized carbons (Fsp3) is 0.615. The third-order valence-electron chi connectivity index (χ3n) is 3.54. The maximum atomic E-state index is 12.5. The molecule has 0 spiro atoms. The van der Waals surface area contributed by atoms with Gasteiger partial charge in [-0.15, -0.1) is 0 Å². The van der Waals surface area contributed by atoms with Gasteiger partial charge in [0.15, 0.2) is 10.9 Å². The summed E-state index contributed by atoms with van der Waals surface area (Å²) >= 11 is 1.20. The minimum atomic E-state index is -0.512. The van der Waals surface area contributed by atoms with Crippen molar-refractivity contribution in [1.29, 1.82) is 0 Å². The standard InChI is InChI=1S/C13H19N3O3S/c1-9(17)10-7-15-12(20-10)16-11(18)13(8-19-2)3-5-14-6-4-13/h7,14H,3-6,8H2,1-2H3,(H,15,16,18). The normalized spacial score (nSPS) is 17.7. The molecule has 1 saturated heterocycles. The van der Waals surface area contributed by atoms with E-state index in [9.17, 15) is 9.59 Å². The van der Waals surface area contributed by atoms with Gasteiger partial charge < -0.3 is 15.4 Å². The van der Waals surface area contributed by atoms with E-state index in [-0.39, 0.29) is 11.7 Å². The topological polar surface area (TPSA) is 80.3 Å². The minimum absolute atomic E-state index is 0.0449. The van der Waals surface area contributed by atoms with Crippen LogP contribution in [0.25, 0.3) is 0 Å². The lowest BCUT2D eigenvalue weighted by Gasteiger charge is -2.35. The van der Waals surface area contributed by atoms with Crippen molar-refractivity contribution in [1.82, 2.24) is 10.3 Å². The molecule has 6 nitrogen and oxygen atoms in total. The van der Waals surface area contributed by atoms with Crippen molar-refractivity contribution < 1.29 is 14.3 Å². The van der Waals surface area contributed by atoms with E-state index in [0.717, 1.165) is 25.9 Å². The molecule has 1 amide bonds. The van der Waals surface area contributed by atoms with Crippen molar-refractivity contribution in [2.75, 3.05) is 32.1 Å². The first-order valence-corrected chi connectivity index (χ1v) is 7.37. The number of hydrogen-bond donors (Lipinski definition) is 2. The first kappa shape index (κ1) is 15.1. The lowest BCUT2D eigenvalue weighted by atomic mass is 9.79. The molecule has 0 bridgehead atoms. The number of ether oxygens (including phenoxy) is 1. The highest BCUT2D eigenvalue weighted by Crippen LogP contribution is 2.31. The second kappa shape index (κ2) is 6.43. The predicted molar refractivity (Wildman–Crippen MR) is 77.2 cm³/mol. The van der Waals surface area contributed by atoms with Crippen LogP contribution in [0.4, 0.5) is 5.13 Å². The molecule has 2 N–H and O–H groups in total. The molecule has 0 aliphatic carbocycles. The summed E-state index contributed by atoms with van der Waals surface area (Å²) in [4.78, 5) is 28.4. The quantitative estimate of drug-likeness (QED) is 0.801. The first-order valence-electron chi connectivity index (χ1n) is 6.55. The highest BCUT2D eigenvalue weighted by molar-refractivity contribution is 7.17. The summed E-state index contributed by atoms with van der Waals surface area (Å²) in [5.41, 5.74) is -0.512. The summed E-state index contributed by atoms with van der Waals surface area (Å²) in [6, 6.07) is 0. The van der Waals surface area contributed by atoms with Gasteiger partial charge >= 0.3 is 0 Å². The molecule has 0 saturated carbocycles. The largest absolute Gasteiger partial charge is 0.384 e. The zero-order valence-corrected chi connectivity index (χ0v) is 12.5. The Labute approximate surface area is 121 Å². The van der Waals surface area contributed by atoms with Crippen LogP contribution in [0.15, 0.2) is 6.20 Å². The second-order valence-corrected chi connectivity index (χ2v) is 6.03. The van der Waals surface area contributed by atoms with Crippen LogP contribution in [0.5, 0.6) is 0 Å². The average Bonchev–Trinajstić information content (AvgIpc) is 2.89. The molecule has 1 fully saturated rings. The number of ketones is 1. The van der Waals surface area contributed by atoms with Crippen molar-refractivity contribution in [3.05, 3.63) is 11.1 Å². The number of carbonyl (C=O) groups excluding carboxylic acids is 2. The Hall–Kier alpha value is -1.31. The Morgan fingerprint density at radius 3 is 2.75 bits per heavy atom. The Morgan fingerprint density at radius 2 is 2.20 bits per heavy atom. The number of aromatic nitrogens is 1. The van der Waals surface area contributed by atoms with Crippen molar-refractivity contribution in [3.8, 4) is 0 Å². The van der Waals surface area contributed by atoms with Gasteiger partial charge in [0.2, 0.25) is 5.91 Å². The number of hydrogen-bond acceptors (Lipinski definition) is 6. The van der Waals surface area contributed by atoms with E-state index in [4.69, 9.17) is 4.74 Å². The molecule has 1 aliphatic rings. The van der Waals surface area contributed by atoms with Crippen molar-refractivity contribution >= 4 is 28.2 Å². The molecule has 2 heterocycles. The molecule has 2 rings (SSSR count). The van der Waals surface area contributed by atoms with Crippen molar-refractivity contribution in [3.63, 3.8) is 0 Å². The maximum Gasteiger partial charge on any atom is 0.234 e. The lowest BCUT2D eigenvalue weighted by molar-refractivity contribution is -0.130. The van der Waals surface area contributed by atoms with Crippen LogP contribution in [-0.2, 0) is 9.53 Å². The monoisotopic (exact) mass is 297 g/mol. The Kier molecular flexibility index (Phi) is 4.85. The van der Waals surface area contributed by atoms with Gasteiger partial charge in [-0.05, 0) is 25.9 Å². The molecule has 1 aromatic rings. The third-order valence-corrected chi connectivity index (χ3v) is 4.55. The van der Waals surface area contributed by atoms with Crippen LogP contribution in [0.1, 0.15) is 29.4 Å². The molecule has 0 aromatic carbocycles. The molecule has 1 aliphatic heterocycles. The number of nitrogens with zero attached hydrogens (tertiary/aromatic N) is 1. The fourth-order valence-electron chi connectivity index (χ4n) is 2.34. The zero-order valence-electron chi connectivity index (χ0n) is 11.7. The van der Waals surface area contributed by atoms with E-state index < -0.39 is 5.41 Å². The van der Waals surface area contributed by atoms with Crippen LogP contribution in [0.2, 0.25) is 0 Å². The summed E-state index contributed by atoms with van der Waals surface area (Å²) in [5, 5.41) is 6.53. The number of thiazole rings is 1. The van der Waals surface area contributed by atoms with Crippen LogP contribution < -0.4 is 10.6 Å². The predicted octanol–water partition coefficient (Wildman–Crippen LogP) is 1.30. The van der Waals surface area contributed by atoms with Gasteiger partial charge in [0.1, 0.15) is 0 Å². The third kappa shape index (κ3) is 3.23. The van der Waals surface area contributed by atoms with Crippen molar-refractivity contribution in [2.24, 2.45) is 5.41 Å². The summed E-state index contributed by atoms with van der Waals surface area (Å²) in [5.74, 6) is -0.123. The summed E-state index contributed by atoms with van der Waals surface area (Å²) < 4.78 is 5.23. The molecule has 0 atom stereocenters. The maximum absolute atomic E-state index is 12.5. The van der Waals surface area contributed by atoms with Crippen LogP contribution in [0, 0.1) is 5.41 Å². The number of anilines is 1. The van der Waals surface area contributed by atoms with Gasteiger partial charge in [-0.1, -0.05) is 11.3 Å². The highest BCUT2D eigenvalue weighted by Gasteiger charge is 2.40. The molecule has 0 radical (unpaired) electrons. The summed E-state index contributed by atoms with van der Waals surface area (Å²) in [6.45, 7) is 3.48. The number of amides is 1. The van der Waals surface area contributed by atoms with Gasteiger partial charge in [0.25, 0.3) is 0 Å². The number of nitrogens with one attached hydrogen (secondary N) is 2. The molecule has 0 unspecified atom stereocenters. The van der Waals surface area contributed by atoms with E-state index in [1.165, 1.54) is 24.5 Å². The highest BCUT2D eigenvalue weighted by atomic mass is 32.1. The van der Waals surface area contributed by atoms with Gasteiger partial charge in [0, 0.05) is 14.0 Å². The van der Waals surface area contributed by atoms with E-state index in [1.54, 1.807) is 7.11 Å². The van der Waals surface area contributed by atoms with Gasteiger partial charge in [-0.3, -0.25) is 9.59 Å². The average molecular weight is 297 g/mol. The van der Waals surface area contributed by atoms with Crippen LogP contribution in [0.3, 0.4) is 0 Å². The summed E-state index contributed by atoms with van der Waals surface area (Å²) in [6.07, 6.45) is 2.96. The van der Waals surface area contributed by atoms with Crippen molar-refractivity contribution in [2.45, 2.75) is 19.8 Å². The Balaban J connectivity index is 2.09. The molecule has 20 heavy (non-hydrogen) atoms.